The second-order valence-corrected chi connectivity index (χ2v) is 5.40. The molecule has 0 rings (SSSR count). The van der Waals surface area contributed by atoms with Crippen LogP contribution < -0.4 is 5.32 Å². The van der Waals surface area contributed by atoms with Crippen LogP contribution in [0.2, 0.25) is 0 Å². The average Bonchev–Trinajstić information content (AvgIpc) is 2.32. The Bertz CT molecular complexity index is 313. The van der Waals surface area contributed by atoms with E-state index in [-0.39, 0.29) is 29.4 Å². The zero-order valence-corrected chi connectivity index (χ0v) is 12.6. The summed E-state index contributed by atoms with van der Waals surface area (Å²) < 4.78 is 0. The van der Waals surface area contributed by atoms with Crippen LogP contribution in [-0.2, 0) is 14.4 Å². The minimum absolute atomic E-state index is 0.0522. The summed E-state index contributed by atoms with van der Waals surface area (Å²) in [6.45, 7) is 6.99. The first-order chi connectivity index (χ1) is 8.86. The molecule has 0 saturated heterocycles. The van der Waals surface area contributed by atoms with Gasteiger partial charge in [-0.1, -0.05) is 26.7 Å². The quantitative estimate of drug-likeness (QED) is 0.663. The fourth-order valence-electron chi connectivity index (χ4n) is 1.92. The van der Waals surface area contributed by atoms with Gasteiger partial charge < -0.3 is 10.1 Å². The molecule has 0 radical (unpaired) electrons. The Morgan fingerprint density at radius 2 is 1.68 bits per heavy atom. The number of amides is 1. The van der Waals surface area contributed by atoms with Crippen LogP contribution in [0, 0.1) is 5.92 Å². The highest BCUT2D eigenvalue weighted by Gasteiger charge is 2.18. The predicted molar refractivity (Wildman–Crippen MR) is 75.8 cm³/mol. The third-order valence-corrected chi connectivity index (χ3v) is 3.16. The zero-order valence-electron chi connectivity index (χ0n) is 12.6. The molecule has 2 unspecified atom stereocenters. The molecule has 4 heteroatoms. The third kappa shape index (κ3) is 9.40. The normalized spacial score (nSPS) is 13.7. The van der Waals surface area contributed by atoms with E-state index in [0.29, 0.717) is 19.3 Å². The first-order valence-corrected chi connectivity index (χ1v) is 7.16. The minimum atomic E-state index is -0.181. The molecule has 0 aromatic rings. The molecular formula is C15H27NO3. The molecule has 1 amide bonds. The van der Waals surface area contributed by atoms with Crippen LogP contribution in [0.3, 0.4) is 0 Å². The lowest BCUT2D eigenvalue weighted by Gasteiger charge is -2.20. The van der Waals surface area contributed by atoms with Gasteiger partial charge in [-0.15, -0.1) is 0 Å². The number of unbranched alkanes of at least 4 members (excludes halogenated alkanes) is 1. The summed E-state index contributed by atoms with van der Waals surface area (Å²) in [6, 6.07) is -0.0651. The Kier molecular flexibility index (Phi) is 9.09. The van der Waals surface area contributed by atoms with Crippen molar-refractivity contribution in [1.82, 2.24) is 5.32 Å². The summed E-state index contributed by atoms with van der Waals surface area (Å²) in [5.74, 6) is -0.0349. The maximum Gasteiger partial charge on any atom is 0.223 e. The Hall–Kier alpha value is -1.19. The van der Waals surface area contributed by atoms with Gasteiger partial charge in [-0.05, 0) is 26.7 Å². The number of Topliss-reactive ketones (excluding diaryl/α,β-unsaturated/α-hetero) is 2. The molecule has 1 N–H and O–H groups in total. The first-order valence-electron chi connectivity index (χ1n) is 7.16. The van der Waals surface area contributed by atoms with Crippen LogP contribution in [0.4, 0.5) is 0 Å². The van der Waals surface area contributed by atoms with Gasteiger partial charge in [-0.25, -0.2) is 0 Å². The van der Waals surface area contributed by atoms with Gasteiger partial charge in [0, 0.05) is 24.8 Å². The molecule has 0 heterocycles. The molecule has 0 aliphatic carbocycles. The van der Waals surface area contributed by atoms with Gasteiger partial charge in [0.2, 0.25) is 5.91 Å². The van der Waals surface area contributed by atoms with Crippen molar-refractivity contribution in [3.8, 4) is 0 Å². The van der Waals surface area contributed by atoms with Crippen molar-refractivity contribution in [2.75, 3.05) is 0 Å². The fourth-order valence-corrected chi connectivity index (χ4v) is 1.92. The SMILES string of the molecule is CCCCC(CC(C)=O)NC(=O)C(C)CCC(C)=O. The Balaban J connectivity index is 4.26. The molecule has 0 aromatic heterocycles. The highest BCUT2D eigenvalue weighted by atomic mass is 16.2. The van der Waals surface area contributed by atoms with Crippen molar-refractivity contribution in [3.63, 3.8) is 0 Å². The lowest BCUT2D eigenvalue weighted by Crippen LogP contribution is -2.39. The van der Waals surface area contributed by atoms with Gasteiger partial charge in [0.15, 0.2) is 0 Å². The van der Waals surface area contributed by atoms with E-state index in [1.807, 2.05) is 6.92 Å². The molecule has 0 saturated carbocycles. The van der Waals surface area contributed by atoms with Gasteiger partial charge in [0.1, 0.15) is 11.6 Å². The molecule has 0 bridgehead atoms. The molecule has 0 fully saturated rings. The number of carbonyl (C=O) groups excluding carboxylic acids is 3. The van der Waals surface area contributed by atoms with Crippen LogP contribution in [0.1, 0.15) is 66.2 Å². The number of nitrogens with one attached hydrogen (secondary N) is 1. The van der Waals surface area contributed by atoms with E-state index < -0.39 is 0 Å². The second kappa shape index (κ2) is 9.70. The van der Waals surface area contributed by atoms with Crippen LogP contribution in [0.5, 0.6) is 0 Å². The molecule has 0 aliphatic heterocycles. The van der Waals surface area contributed by atoms with E-state index in [1.54, 1.807) is 6.92 Å². The van der Waals surface area contributed by atoms with Crippen LogP contribution in [0.15, 0.2) is 0 Å². The summed E-state index contributed by atoms with van der Waals surface area (Å²) in [6.07, 6.45) is 4.28. The van der Waals surface area contributed by atoms with Gasteiger partial charge in [-0.2, -0.15) is 0 Å². The number of hydrogen-bond donors (Lipinski definition) is 1. The first kappa shape index (κ1) is 17.8. The maximum absolute atomic E-state index is 12.0. The second-order valence-electron chi connectivity index (χ2n) is 5.40. The smallest absolute Gasteiger partial charge is 0.223 e. The molecule has 0 aromatic carbocycles. The Morgan fingerprint density at radius 3 is 2.16 bits per heavy atom. The van der Waals surface area contributed by atoms with Crippen molar-refractivity contribution < 1.29 is 14.4 Å². The van der Waals surface area contributed by atoms with Crippen molar-refractivity contribution in [2.45, 2.75) is 72.3 Å². The van der Waals surface area contributed by atoms with Gasteiger partial charge in [0.05, 0.1) is 0 Å². The Morgan fingerprint density at radius 1 is 1.05 bits per heavy atom. The van der Waals surface area contributed by atoms with Gasteiger partial charge in [0.25, 0.3) is 0 Å². The Labute approximate surface area is 116 Å². The maximum atomic E-state index is 12.0. The van der Waals surface area contributed by atoms with Crippen molar-refractivity contribution in [1.29, 1.82) is 0 Å². The van der Waals surface area contributed by atoms with Crippen LogP contribution >= 0.6 is 0 Å². The lowest BCUT2D eigenvalue weighted by atomic mass is 10.00. The van der Waals surface area contributed by atoms with Gasteiger partial charge >= 0.3 is 0 Å². The number of carbonyl (C=O) groups is 3. The fraction of sp³-hybridized carbons (Fsp3) is 0.800. The highest BCUT2D eigenvalue weighted by Crippen LogP contribution is 2.10. The summed E-state index contributed by atoms with van der Waals surface area (Å²) in [4.78, 5) is 34.1. The van der Waals surface area contributed by atoms with Gasteiger partial charge in [-0.3, -0.25) is 9.59 Å². The van der Waals surface area contributed by atoms with E-state index in [0.717, 1.165) is 19.3 Å². The van der Waals surface area contributed by atoms with E-state index in [2.05, 4.69) is 12.2 Å². The molecule has 0 aliphatic rings. The van der Waals surface area contributed by atoms with Crippen LogP contribution in [0.25, 0.3) is 0 Å². The predicted octanol–water partition coefficient (Wildman–Crippen LogP) is 2.65. The molecular weight excluding hydrogens is 242 g/mol. The summed E-state index contributed by atoms with van der Waals surface area (Å²) in [5, 5.41) is 2.94. The average molecular weight is 269 g/mol. The largest absolute Gasteiger partial charge is 0.353 e. The monoisotopic (exact) mass is 269 g/mol. The van der Waals surface area contributed by atoms with Crippen molar-refractivity contribution in [3.05, 3.63) is 0 Å². The van der Waals surface area contributed by atoms with E-state index in [1.165, 1.54) is 6.92 Å². The minimum Gasteiger partial charge on any atom is -0.353 e. The lowest BCUT2D eigenvalue weighted by molar-refractivity contribution is -0.126. The van der Waals surface area contributed by atoms with E-state index in [9.17, 15) is 14.4 Å². The molecule has 4 nitrogen and oxygen atoms in total. The van der Waals surface area contributed by atoms with Crippen molar-refractivity contribution >= 4 is 17.5 Å². The van der Waals surface area contributed by atoms with E-state index in [4.69, 9.17) is 0 Å². The van der Waals surface area contributed by atoms with E-state index >= 15 is 0 Å². The molecule has 2 atom stereocenters. The molecule has 0 spiro atoms. The van der Waals surface area contributed by atoms with Crippen LogP contribution in [-0.4, -0.2) is 23.5 Å². The zero-order chi connectivity index (χ0) is 14.8. The number of hydrogen-bond acceptors (Lipinski definition) is 3. The molecule has 110 valence electrons. The summed E-state index contributed by atoms with van der Waals surface area (Å²) in [5.41, 5.74) is 0. The highest BCUT2D eigenvalue weighted by molar-refractivity contribution is 5.81. The summed E-state index contributed by atoms with van der Waals surface area (Å²) >= 11 is 0. The standard InChI is InChI=1S/C15H27NO3/c1-5-6-7-14(10-13(4)18)16-15(19)11(2)8-9-12(3)17/h11,14H,5-10H2,1-4H3,(H,16,19). The topological polar surface area (TPSA) is 63.2 Å². The summed E-state index contributed by atoms with van der Waals surface area (Å²) in [7, 11) is 0. The third-order valence-electron chi connectivity index (χ3n) is 3.16. The number of ketones is 2. The molecule has 19 heavy (non-hydrogen) atoms. The van der Waals surface area contributed by atoms with Crippen molar-refractivity contribution in [2.24, 2.45) is 5.92 Å². The number of rotatable bonds is 10.